The van der Waals surface area contributed by atoms with Crippen molar-refractivity contribution in [3.63, 3.8) is 0 Å². The number of H-pyrrole nitrogens is 1. The molecule has 2 unspecified atom stereocenters. The van der Waals surface area contributed by atoms with Gasteiger partial charge in [0.25, 0.3) is 5.79 Å². The summed E-state index contributed by atoms with van der Waals surface area (Å²) in [5.41, 5.74) is 6.64. The van der Waals surface area contributed by atoms with Crippen molar-refractivity contribution in [2.24, 2.45) is 5.73 Å². The minimum Gasteiger partial charge on any atom is -0.477 e. The van der Waals surface area contributed by atoms with Crippen molar-refractivity contribution in [3.8, 4) is 0 Å². The zero-order chi connectivity index (χ0) is 21.8. The Kier molecular flexibility index (Phi) is 5.75. The van der Waals surface area contributed by atoms with Gasteiger partial charge in [0.1, 0.15) is 28.7 Å². The molecule has 2 heterocycles. The molecule has 1 aliphatic heterocycles. The Morgan fingerprint density at radius 1 is 1.34 bits per heavy atom. The fourth-order valence-corrected chi connectivity index (χ4v) is 4.46. The van der Waals surface area contributed by atoms with Crippen LogP contribution in [0.1, 0.15) is 11.6 Å². The number of carboxylic acids is 1. The second kappa shape index (κ2) is 7.45. The number of carboxylic acid groups (broad SMARTS) is 1. The van der Waals surface area contributed by atoms with Gasteiger partial charge < -0.3 is 46.1 Å². The van der Waals surface area contributed by atoms with Gasteiger partial charge in [-0.25, -0.2) is 4.79 Å². The Hall–Kier alpha value is -1.28. The van der Waals surface area contributed by atoms with E-state index in [1.807, 2.05) is 0 Å². The van der Waals surface area contributed by atoms with E-state index in [1.54, 1.807) is 24.3 Å². The summed E-state index contributed by atoms with van der Waals surface area (Å²) < 4.78 is 2.97. The summed E-state index contributed by atoms with van der Waals surface area (Å²) in [5, 5.41) is 58.7. The van der Waals surface area contributed by atoms with Crippen molar-refractivity contribution in [1.82, 2.24) is 4.98 Å². The van der Waals surface area contributed by atoms with Crippen molar-refractivity contribution in [3.05, 3.63) is 36.0 Å². The van der Waals surface area contributed by atoms with Crippen LogP contribution in [0.25, 0.3) is 10.9 Å². The lowest BCUT2D eigenvalue weighted by Gasteiger charge is -2.55. The van der Waals surface area contributed by atoms with E-state index in [2.05, 4.69) is 20.9 Å². The second-order valence-corrected chi connectivity index (χ2v) is 8.86. The predicted octanol–water partition coefficient (Wildman–Crippen LogP) is -0.885. The Morgan fingerprint density at radius 3 is 2.52 bits per heavy atom. The van der Waals surface area contributed by atoms with Gasteiger partial charge in [0, 0.05) is 11.2 Å². The molecule has 0 radical (unpaired) electrons. The van der Waals surface area contributed by atoms with E-state index in [4.69, 9.17) is 27.2 Å². The summed E-state index contributed by atoms with van der Waals surface area (Å²) in [4.78, 5) is 14.8. The highest BCUT2D eigenvalue weighted by atomic mass is 79.9. The molecule has 1 aliphatic rings. The number of aliphatic hydroxyl groups is 5. The molecular formula is C17H20BrClN2O8. The molecule has 1 fully saturated rings. The summed E-state index contributed by atoms with van der Waals surface area (Å²) >= 11 is 9.27. The fourth-order valence-electron chi connectivity index (χ4n) is 3.50. The molecule has 160 valence electrons. The van der Waals surface area contributed by atoms with Gasteiger partial charge in [0.15, 0.2) is 5.06 Å². The summed E-state index contributed by atoms with van der Waals surface area (Å²) in [6.45, 7) is -0.929. The van der Waals surface area contributed by atoms with Crippen LogP contribution in [-0.4, -0.2) is 81.8 Å². The summed E-state index contributed by atoms with van der Waals surface area (Å²) in [6.07, 6.45) is -5.77. The van der Waals surface area contributed by atoms with E-state index >= 15 is 0 Å². The number of aromatic amines is 1. The molecule has 0 spiro atoms. The standard InChI is InChI=1S/C17H20BrClN2O8/c18-16(20)13(11(24)10(23)6-22)29-15(27,14(25)26)12(17(16,19)28)9-5-7-3-1-2-4-8(7)21-9/h1-5,10-13,21-24,27-28H,6,20H2,(H,25,26)/t10-,11-,12?,13+,15?,16+,17+/m1/s1. The lowest BCUT2D eigenvalue weighted by molar-refractivity contribution is -0.313. The number of carbonyl (C=O) groups is 1. The molecule has 1 saturated heterocycles. The summed E-state index contributed by atoms with van der Waals surface area (Å²) in [6, 6.07) is 8.31. The third-order valence-electron chi connectivity index (χ3n) is 5.09. The smallest absolute Gasteiger partial charge is 0.365 e. The Balaban J connectivity index is 2.18. The molecule has 29 heavy (non-hydrogen) atoms. The Morgan fingerprint density at radius 2 is 1.97 bits per heavy atom. The number of hydrogen-bond acceptors (Lipinski definition) is 8. The van der Waals surface area contributed by atoms with Gasteiger partial charge in [-0.1, -0.05) is 45.7 Å². The molecule has 10 nitrogen and oxygen atoms in total. The molecule has 7 atom stereocenters. The molecule has 0 aliphatic carbocycles. The normalized spacial score (nSPS) is 37.4. The zero-order valence-electron chi connectivity index (χ0n) is 14.7. The maximum Gasteiger partial charge on any atom is 0.365 e. The van der Waals surface area contributed by atoms with E-state index in [-0.39, 0.29) is 5.69 Å². The Bertz CT molecular complexity index is 889. The van der Waals surface area contributed by atoms with E-state index < -0.39 is 52.1 Å². The average molecular weight is 496 g/mol. The van der Waals surface area contributed by atoms with Gasteiger partial charge >= 0.3 is 5.97 Å². The van der Waals surface area contributed by atoms with Crippen molar-refractivity contribution >= 4 is 44.4 Å². The largest absolute Gasteiger partial charge is 0.477 e. The zero-order valence-corrected chi connectivity index (χ0v) is 17.1. The molecule has 0 bridgehead atoms. The van der Waals surface area contributed by atoms with E-state index in [1.165, 1.54) is 6.07 Å². The molecule has 2 aromatic rings. The quantitative estimate of drug-likeness (QED) is 0.192. The third kappa shape index (κ3) is 3.36. The molecule has 12 heteroatoms. The van der Waals surface area contributed by atoms with Crippen LogP contribution >= 0.6 is 27.5 Å². The molecule has 3 rings (SSSR count). The van der Waals surface area contributed by atoms with Gasteiger partial charge in [0.2, 0.25) is 0 Å². The highest BCUT2D eigenvalue weighted by Gasteiger charge is 2.72. The van der Waals surface area contributed by atoms with E-state index in [0.717, 1.165) is 0 Å². The topological polar surface area (TPSA) is 189 Å². The highest BCUT2D eigenvalue weighted by Crippen LogP contribution is 2.55. The SMILES string of the molecule is N[C@@]1(Br)[C@H]([C@H](O)[C@H](O)CO)OC(O)(C(=O)O)C(c2cc3ccccc3[nH]2)[C@@]1(O)Cl. The molecule has 0 saturated carbocycles. The minimum absolute atomic E-state index is 0.00137. The van der Waals surface area contributed by atoms with Crippen molar-refractivity contribution < 1.29 is 40.2 Å². The van der Waals surface area contributed by atoms with Crippen LogP contribution in [0.2, 0.25) is 0 Å². The maximum atomic E-state index is 12.0. The fraction of sp³-hybridized carbons (Fsp3) is 0.471. The number of fused-ring (bicyclic) bond motifs is 1. The van der Waals surface area contributed by atoms with Crippen LogP contribution in [0, 0.1) is 0 Å². The number of halogens is 2. The Labute approximate surface area is 177 Å². The number of nitrogens with two attached hydrogens (primary N) is 1. The lowest BCUT2D eigenvalue weighted by atomic mass is 9.78. The first-order valence-electron chi connectivity index (χ1n) is 8.45. The predicted molar refractivity (Wildman–Crippen MR) is 104 cm³/mol. The van der Waals surface area contributed by atoms with Crippen LogP contribution in [0.4, 0.5) is 0 Å². The average Bonchev–Trinajstić information content (AvgIpc) is 3.06. The van der Waals surface area contributed by atoms with Crippen LogP contribution in [-0.2, 0) is 9.53 Å². The van der Waals surface area contributed by atoms with Crippen molar-refractivity contribution in [2.75, 3.05) is 6.61 Å². The lowest BCUT2D eigenvalue weighted by Crippen LogP contribution is -2.77. The number of benzene rings is 1. The number of hydrogen-bond donors (Lipinski definition) is 8. The molecule has 1 aromatic heterocycles. The number of rotatable bonds is 5. The van der Waals surface area contributed by atoms with Crippen molar-refractivity contribution in [1.29, 1.82) is 0 Å². The molecular weight excluding hydrogens is 476 g/mol. The number of alkyl halides is 2. The monoisotopic (exact) mass is 494 g/mol. The number of aromatic nitrogens is 1. The van der Waals surface area contributed by atoms with E-state index in [0.29, 0.717) is 10.9 Å². The first-order chi connectivity index (χ1) is 13.4. The summed E-state index contributed by atoms with van der Waals surface area (Å²) in [7, 11) is 0. The summed E-state index contributed by atoms with van der Waals surface area (Å²) in [5.74, 6) is -6.94. The van der Waals surface area contributed by atoms with Crippen molar-refractivity contribution in [2.45, 2.75) is 39.5 Å². The minimum atomic E-state index is -3.16. The molecule has 1 aromatic carbocycles. The van der Waals surface area contributed by atoms with Gasteiger partial charge in [-0.2, -0.15) is 0 Å². The molecule has 0 amide bonds. The first kappa shape index (κ1) is 22.4. The van der Waals surface area contributed by atoms with Gasteiger partial charge in [-0.15, -0.1) is 0 Å². The number of aliphatic hydroxyl groups excluding tert-OH is 3. The molecule has 9 N–H and O–H groups in total. The van der Waals surface area contributed by atoms with Gasteiger partial charge in [-0.05, 0) is 17.5 Å². The number of nitrogens with one attached hydrogen (secondary N) is 1. The number of ether oxygens (including phenoxy) is 1. The third-order valence-corrected chi connectivity index (χ3v) is 6.91. The van der Waals surface area contributed by atoms with Gasteiger partial charge in [-0.3, -0.25) is 0 Å². The van der Waals surface area contributed by atoms with Crippen LogP contribution in [0.3, 0.4) is 0 Å². The van der Waals surface area contributed by atoms with Crippen LogP contribution in [0.15, 0.2) is 30.3 Å². The van der Waals surface area contributed by atoms with Gasteiger partial charge in [0.05, 0.1) is 6.61 Å². The van der Waals surface area contributed by atoms with E-state index in [9.17, 15) is 30.3 Å². The highest BCUT2D eigenvalue weighted by molar-refractivity contribution is 9.10. The van der Waals surface area contributed by atoms with Crippen LogP contribution < -0.4 is 5.73 Å². The van der Waals surface area contributed by atoms with Crippen LogP contribution in [0.5, 0.6) is 0 Å². The number of para-hydroxylation sites is 1. The number of aliphatic carboxylic acids is 1. The first-order valence-corrected chi connectivity index (χ1v) is 9.62. The maximum absolute atomic E-state index is 12.0. The second-order valence-electron chi connectivity index (χ2n) is 6.97.